The minimum atomic E-state index is -0.360. The Hall–Kier alpha value is -1.11. The molecular formula is C13H21N3O2S. The van der Waals surface area contributed by atoms with Crippen molar-refractivity contribution in [3.05, 3.63) is 21.9 Å². The quantitative estimate of drug-likeness (QED) is 0.482. The van der Waals surface area contributed by atoms with Crippen LogP contribution in [0.4, 0.5) is 0 Å². The third kappa shape index (κ3) is 3.46. The number of hydrogen-bond donors (Lipinski definition) is 2. The highest BCUT2D eigenvalue weighted by molar-refractivity contribution is 7.10. The monoisotopic (exact) mass is 283 g/mol. The van der Waals surface area contributed by atoms with Crippen molar-refractivity contribution in [2.45, 2.75) is 18.9 Å². The molecule has 1 aliphatic heterocycles. The largest absolute Gasteiger partial charge is 0.383 e. The van der Waals surface area contributed by atoms with Crippen molar-refractivity contribution in [1.82, 2.24) is 5.32 Å². The first-order chi connectivity index (χ1) is 9.15. The molecule has 0 saturated carbocycles. The fourth-order valence-corrected chi connectivity index (χ4v) is 3.14. The summed E-state index contributed by atoms with van der Waals surface area (Å²) >= 11 is 1.79. The molecular weight excluding hydrogens is 262 g/mol. The normalized spacial score (nSPS) is 23.2. The van der Waals surface area contributed by atoms with Crippen LogP contribution in [0, 0.1) is 0 Å². The first-order valence-electron chi connectivity index (χ1n) is 6.39. The molecule has 0 fully saturated rings. The molecule has 2 heterocycles. The van der Waals surface area contributed by atoms with E-state index in [1.807, 2.05) is 0 Å². The van der Waals surface area contributed by atoms with E-state index in [-0.39, 0.29) is 5.60 Å². The molecule has 2 rings (SSSR count). The van der Waals surface area contributed by atoms with E-state index < -0.39 is 0 Å². The highest BCUT2D eigenvalue weighted by Gasteiger charge is 2.33. The highest BCUT2D eigenvalue weighted by Crippen LogP contribution is 2.36. The Morgan fingerprint density at radius 2 is 2.53 bits per heavy atom. The molecule has 0 radical (unpaired) electrons. The summed E-state index contributed by atoms with van der Waals surface area (Å²) in [6, 6.07) is 2.13. The first kappa shape index (κ1) is 14.3. The van der Waals surface area contributed by atoms with Crippen molar-refractivity contribution in [2.24, 2.45) is 10.7 Å². The average molecular weight is 283 g/mol. The number of methoxy groups -OCH3 is 1. The average Bonchev–Trinajstić information content (AvgIpc) is 2.87. The highest BCUT2D eigenvalue weighted by atomic mass is 32.1. The van der Waals surface area contributed by atoms with Gasteiger partial charge in [0.25, 0.3) is 0 Å². The van der Waals surface area contributed by atoms with Gasteiger partial charge in [-0.1, -0.05) is 0 Å². The summed E-state index contributed by atoms with van der Waals surface area (Å²) < 4.78 is 10.9. The number of thiophene rings is 1. The van der Waals surface area contributed by atoms with Crippen LogP contribution in [0.2, 0.25) is 0 Å². The maximum Gasteiger partial charge on any atom is 0.188 e. The zero-order valence-corrected chi connectivity index (χ0v) is 12.3. The number of hydrogen-bond acceptors (Lipinski definition) is 4. The summed E-state index contributed by atoms with van der Waals surface area (Å²) in [5.41, 5.74) is 6.70. The number of nitrogens with two attached hydrogens (primary N) is 1. The van der Waals surface area contributed by atoms with E-state index in [9.17, 15) is 0 Å². The van der Waals surface area contributed by atoms with E-state index in [4.69, 9.17) is 15.2 Å². The van der Waals surface area contributed by atoms with Crippen LogP contribution in [0.3, 0.4) is 0 Å². The fraction of sp³-hybridized carbons (Fsp3) is 0.615. The van der Waals surface area contributed by atoms with Crippen molar-refractivity contribution in [3.8, 4) is 0 Å². The predicted molar refractivity (Wildman–Crippen MR) is 77.7 cm³/mol. The number of fused-ring (bicyclic) bond motifs is 1. The van der Waals surface area contributed by atoms with Gasteiger partial charge in [-0.15, -0.1) is 11.3 Å². The van der Waals surface area contributed by atoms with Crippen molar-refractivity contribution >= 4 is 17.3 Å². The molecule has 1 aromatic rings. The minimum Gasteiger partial charge on any atom is -0.383 e. The van der Waals surface area contributed by atoms with E-state index in [0.717, 1.165) is 13.0 Å². The second-order valence-corrected chi connectivity index (χ2v) is 5.71. The summed E-state index contributed by atoms with van der Waals surface area (Å²) in [6.07, 6.45) is 0.994. The maximum absolute atomic E-state index is 5.92. The van der Waals surface area contributed by atoms with Gasteiger partial charge in [-0.3, -0.25) is 4.99 Å². The Morgan fingerprint density at radius 1 is 1.68 bits per heavy atom. The third-order valence-electron chi connectivity index (χ3n) is 3.23. The van der Waals surface area contributed by atoms with Crippen LogP contribution in [0.15, 0.2) is 16.4 Å². The lowest BCUT2D eigenvalue weighted by atomic mass is 9.93. The molecule has 0 aromatic carbocycles. The molecule has 6 heteroatoms. The van der Waals surface area contributed by atoms with Gasteiger partial charge in [0.2, 0.25) is 0 Å². The zero-order chi connectivity index (χ0) is 13.7. The Labute approximate surface area is 117 Å². The molecule has 5 nitrogen and oxygen atoms in total. The maximum atomic E-state index is 5.92. The molecule has 0 saturated heterocycles. The molecule has 0 bridgehead atoms. The molecule has 0 amide bonds. The van der Waals surface area contributed by atoms with Crippen LogP contribution in [0.5, 0.6) is 0 Å². The number of ether oxygens (including phenoxy) is 2. The molecule has 0 aliphatic carbocycles. The first-order valence-corrected chi connectivity index (χ1v) is 7.27. The van der Waals surface area contributed by atoms with Crippen LogP contribution in [0.25, 0.3) is 0 Å². The van der Waals surface area contributed by atoms with Gasteiger partial charge in [0.15, 0.2) is 5.96 Å². The van der Waals surface area contributed by atoms with E-state index in [2.05, 4.69) is 28.7 Å². The van der Waals surface area contributed by atoms with Crippen LogP contribution in [-0.2, 0) is 21.5 Å². The minimum absolute atomic E-state index is 0.360. The van der Waals surface area contributed by atoms with Crippen molar-refractivity contribution < 1.29 is 9.47 Å². The number of nitrogens with one attached hydrogen (secondary N) is 1. The second kappa shape index (κ2) is 6.36. The lowest BCUT2D eigenvalue weighted by Crippen LogP contribution is -2.38. The van der Waals surface area contributed by atoms with E-state index in [1.54, 1.807) is 18.4 Å². The van der Waals surface area contributed by atoms with E-state index >= 15 is 0 Å². The lowest BCUT2D eigenvalue weighted by molar-refractivity contribution is -0.0375. The summed E-state index contributed by atoms with van der Waals surface area (Å²) in [5, 5.41) is 5.12. The predicted octanol–water partition coefficient (Wildman–Crippen LogP) is 1.09. The molecule has 19 heavy (non-hydrogen) atoms. The fourth-order valence-electron chi connectivity index (χ4n) is 2.16. The molecule has 3 N–H and O–H groups in total. The SMILES string of the molecule is COCCNC(N)=NCC1(C)OCCc2sccc21. The molecule has 1 atom stereocenters. The van der Waals surface area contributed by atoms with E-state index in [0.29, 0.717) is 25.7 Å². The Kier molecular flexibility index (Phi) is 4.79. The van der Waals surface area contributed by atoms with Gasteiger partial charge in [-0.05, 0) is 23.9 Å². The molecule has 106 valence electrons. The second-order valence-electron chi connectivity index (χ2n) is 4.71. The van der Waals surface area contributed by atoms with Gasteiger partial charge >= 0.3 is 0 Å². The number of aliphatic imine (C=N–C) groups is 1. The zero-order valence-electron chi connectivity index (χ0n) is 11.4. The number of rotatable bonds is 5. The molecule has 1 unspecified atom stereocenters. The Balaban J connectivity index is 1.97. The summed E-state index contributed by atoms with van der Waals surface area (Å²) in [4.78, 5) is 5.78. The van der Waals surface area contributed by atoms with E-state index in [1.165, 1.54) is 10.4 Å². The van der Waals surface area contributed by atoms with Crippen LogP contribution in [-0.4, -0.2) is 39.4 Å². The third-order valence-corrected chi connectivity index (χ3v) is 4.21. The lowest BCUT2D eigenvalue weighted by Gasteiger charge is -2.33. The van der Waals surface area contributed by atoms with Gasteiger partial charge < -0.3 is 20.5 Å². The smallest absolute Gasteiger partial charge is 0.188 e. The molecule has 0 spiro atoms. The molecule has 1 aliphatic rings. The number of nitrogens with zero attached hydrogens (tertiary/aromatic N) is 1. The van der Waals surface area contributed by atoms with Gasteiger partial charge in [-0.25, -0.2) is 0 Å². The summed E-state index contributed by atoms with van der Waals surface area (Å²) in [7, 11) is 1.66. The van der Waals surface area contributed by atoms with Gasteiger partial charge in [-0.2, -0.15) is 0 Å². The summed E-state index contributed by atoms with van der Waals surface area (Å²) in [5.74, 6) is 0.434. The van der Waals surface area contributed by atoms with Gasteiger partial charge in [0, 0.05) is 25.0 Å². The van der Waals surface area contributed by atoms with Crippen LogP contribution < -0.4 is 11.1 Å². The van der Waals surface area contributed by atoms with Crippen LogP contribution >= 0.6 is 11.3 Å². The topological polar surface area (TPSA) is 68.9 Å². The Bertz CT molecular complexity index is 447. The number of guanidine groups is 1. The van der Waals surface area contributed by atoms with Crippen molar-refractivity contribution in [3.63, 3.8) is 0 Å². The van der Waals surface area contributed by atoms with Crippen molar-refractivity contribution in [1.29, 1.82) is 0 Å². The standard InChI is InChI=1S/C13H21N3O2S/c1-13(9-16-12(14)15-5-7-17-2)10-4-8-19-11(10)3-6-18-13/h4,8H,3,5-7,9H2,1-2H3,(H3,14,15,16). The molecule has 1 aromatic heterocycles. The Morgan fingerprint density at radius 3 is 3.32 bits per heavy atom. The summed E-state index contributed by atoms with van der Waals surface area (Å²) in [6.45, 7) is 4.62. The van der Waals surface area contributed by atoms with Crippen LogP contribution in [0.1, 0.15) is 17.4 Å². The van der Waals surface area contributed by atoms with Crippen molar-refractivity contribution in [2.75, 3.05) is 33.4 Å². The van der Waals surface area contributed by atoms with Gasteiger partial charge in [0.05, 0.1) is 19.8 Å². The van der Waals surface area contributed by atoms with Gasteiger partial charge in [0.1, 0.15) is 5.60 Å².